The molecule has 17 heavy (non-hydrogen) atoms. The smallest absolute Gasteiger partial charge is 0.256 e. The summed E-state index contributed by atoms with van der Waals surface area (Å²) in [4.78, 5) is 12.1. The first-order valence-corrected chi connectivity index (χ1v) is 5.57. The second-order valence-corrected chi connectivity index (χ2v) is 4.16. The van der Waals surface area contributed by atoms with Gasteiger partial charge in [0, 0.05) is 13.2 Å². The molecular weight excluding hydrogens is 218 g/mol. The average Bonchev–Trinajstić information content (AvgIpc) is 2.38. The summed E-state index contributed by atoms with van der Waals surface area (Å²) in [7, 11) is 1.50. The van der Waals surface area contributed by atoms with Crippen molar-refractivity contribution in [2.75, 3.05) is 13.7 Å². The Balaban J connectivity index is 2.92. The van der Waals surface area contributed by atoms with Crippen LogP contribution >= 0.6 is 0 Å². The van der Waals surface area contributed by atoms with Crippen LogP contribution in [0.3, 0.4) is 0 Å². The monoisotopic (exact) mass is 237 g/mol. The topological polar surface area (TPSA) is 58.6 Å². The van der Waals surface area contributed by atoms with Crippen LogP contribution in [-0.2, 0) is 15.1 Å². The summed E-state index contributed by atoms with van der Waals surface area (Å²) in [5.74, 6) is -0.257. The number of nitrogens with one attached hydrogen (secondary N) is 1. The molecule has 0 saturated heterocycles. The molecular formula is C13H19NO3. The summed E-state index contributed by atoms with van der Waals surface area (Å²) in [5.41, 5.74) is -0.254. The van der Waals surface area contributed by atoms with Gasteiger partial charge >= 0.3 is 0 Å². The standard InChI is InChI=1S/C13H19NO3/c1-10(9-15)14-12(16)13(2,17-3)11-7-5-4-6-8-11/h4-8,10,15H,9H2,1-3H3,(H,14,16)/t10?,13-/m0/s1. The van der Waals surface area contributed by atoms with Gasteiger partial charge in [-0.3, -0.25) is 4.79 Å². The van der Waals surface area contributed by atoms with Gasteiger partial charge in [0.2, 0.25) is 0 Å². The SMILES string of the molecule is CO[C@](C)(C(=O)NC(C)CO)c1ccccc1. The zero-order chi connectivity index (χ0) is 12.9. The third kappa shape index (κ3) is 3.05. The Morgan fingerprint density at radius 2 is 2.06 bits per heavy atom. The summed E-state index contributed by atoms with van der Waals surface area (Å²) in [6, 6.07) is 8.98. The first-order chi connectivity index (χ1) is 8.04. The van der Waals surface area contributed by atoms with Crippen LogP contribution in [0.4, 0.5) is 0 Å². The van der Waals surface area contributed by atoms with Crippen molar-refractivity contribution in [3.05, 3.63) is 35.9 Å². The Morgan fingerprint density at radius 1 is 1.47 bits per heavy atom. The van der Waals surface area contributed by atoms with Crippen molar-refractivity contribution in [3.63, 3.8) is 0 Å². The van der Waals surface area contributed by atoms with E-state index in [1.165, 1.54) is 7.11 Å². The lowest BCUT2D eigenvalue weighted by molar-refractivity contribution is -0.143. The number of ether oxygens (including phenoxy) is 1. The van der Waals surface area contributed by atoms with Gasteiger partial charge in [-0.05, 0) is 19.4 Å². The molecule has 1 aromatic carbocycles. The predicted molar refractivity (Wildman–Crippen MR) is 65.5 cm³/mol. The lowest BCUT2D eigenvalue weighted by Gasteiger charge is -2.28. The van der Waals surface area contributed by atoms with Gasteiger partial charge < -0.3 is 15.2 Å². The number of amides is 1. The van der Waals surface area contributed by atoms with E-state index in [0.717, 1.165) is 5.56 Å². The van der Waals surface area contributed by atoms with Gasteiger partial charge in [0.15, 0.2) is 5.60 Å². The van der Waals surface area contributed by atoms with E-state index in [2.05, 4.69) is 5.32 Å². The molecule has 0 radical (unpaired) electrons. The maximum atomic E-state index is 12.1. The maximum absolute atomic E-state index is 12.1. The van der Waals surface area contributed by atoms with Gasteiger partial charge in [-0.2, -0.15) is 0 Å². The first kappa shape index (κ1) is 13.7. The summed E-state index contributed by atoms with van der Waals surface area (Å²) >= 11 is 0. The molecule has 1 rings (SSSR count). The van der Waals surface area contributed by atoms with E-state index in [1.54, 1.807) is 13.8 Å². The molecule has 4 heteroatoms. The predicted octanol–water partition coefficient (Wildman–Crippen LogP) is 1.05. The highest BCUT2D eigenvalue weighted by Crippen LogP contribution is 2.24. The van der Waals surface area contributed by atoms with Gasteiger partial charge in [-0.1, -0.05) is 30.3 Å². The lowest BCUT2D eigenvalue weighted by Crippen LogP contribution is -2.47. The van der Waals surface area contributed by atoms with Crippen LogP contribution in [0.15, 0.2) is 30.3 Å². The van der Waals surface area contributed by atoms with Crippen LogP contribution < -0.4 is 5.32 Å². The van der Waals surface area contributed by atoms with E-state index in [1.807, 2.05) is 30.3 Å². The Bertz CT molecular complexity index is 366. The number of benzene rings is 1. The van der Waals surface area contributed by atoms with E-state index >= 15 is 0 Å². The molecule has 0 bridgehead atoms. The second kappa shape index (κ2) is 5.80. The molecule has 1 aromatic rings. The van der Waals surface area contributed by atoms with Gasteiger partial charge in [0.25, 0.3) is 5.91 Å². The molecule has 0 fully saturated rings. The zero-order valence-electron chi connectivity index (χ0n) is 10.4. The minimum atomic E-state index is -1.04. The zero-order valence-corrected chi connectivity index (χ0v) is 10.4. The molecule has 2 N–H and O–H groups in total. The minimum absolute atomic E-state index is 0.0969. The minimum Gasteiger partial charge on any atom is -0.394 e. The van der Waals surface area contributed by atoms with Crippen molar-refractivity contribution in [1.82, 2.24) is 5.32 Å². The highest BCUT2D eigenvalue weighted by atomic mass is 16.5. The first-order valence-electron chi connectivity index (χ1n) is 5.57. The van der Waals surface area contributed by atoms with Crippen LogP contribution in [-0.4, -0.2) is 30.8 Å². The number of methoxy groups -OCH3 is 1. The van der Waals surface area contributed by atoms with Crippen molar-refractivity contribution in [3.8, 4) is 0 Å². The third-order valence-corrected chi connectivity index (χ3v) is 2.82. The maximum Gasteiger partial charge on any atom is 0.256 e. The highest BCUT2D eigenvalue weighted by Gasteiger charge is 2.35. The molecule has 4 nitrogen and oxygen atoms in total. The largest absolute Gasteiger partial charge is 0.394 e. The Hall–Kier alpha value is -1.39. The van der Waals surface area contributed by atoms with Crippen molar-refractivity contribution in [1.29, 1.82) is 0 Å². The molecule has 94 valence electrons. The summed E-state index contributed by atoms with van der Waals surface area (Å²) in [6.07, 6.45) is 0. The van der Waals surface area contributed by atoms with Crippen molar-refractivity contribution in [2.45, 2.75) is 25.5 Å². The van der Waals surface area contributed by atoms with Gasteiger partial charge in [0.1, 0.15) is 0 Å². The molecule has 0 spiro atoms. The van der Waals surface area contributed by atoms with E-state index in [4.69, 9.17) is 9.84 Å². The average molecular weight is 237 g/mol. The molecule has 0 aromatic heterocycles. The molecule has 0 saturated carbocycles. The van der Waals surface area contributed by atoms with Gasteiger partial charge in [-0.25, -0.2) is 0 Å². The second-order valence-electron chi connectivity index (χ2n) is 4.16. The Kier molecular flexibility index (Phi) is 4.66. The number of hydrogen-bond acceptors (Lipinski definition) is 3. The van der Waals surface area contributed by atoms with E-state index in [0.29, 0.717) is 0 Å². The number of hydrogen-bond donors (Lipinski definition) is 2. The van der Waals surface area contributed by atoms with Crippen LogP contribution in [0.25, 0.3) is 0 Å². The molecule has 1 unspecified atom stereocenters. The Morgan fingerprint density at radius 3 is 2.53 bits per heavy atom. The van der Waals surface area contributed by atoms with Crippen LogP contribution in [0.1, 0.15) is 19.4 Å². The molecule has 0 heterocycles. The van der Waals surface area contributed by atoms with Crippen LogP contribution in [0, 0.1) is 0 Å². The number of aliphatic hydroxyl groups excluding tert-OH is 1. The Labute approximate surface area is 102 Å². The van der Waals surface area contributed by atoms with E-state index in [9.17, 15) is 4.79 Å². The molecule has 2 atom stereocenters. The lowest BCUT2D eigenvalue weighted by atomic mass is 9.94. The quantitative estimate of drug-likeness (QED) is 0.804. The van der Waals surface area contributed by atoms with Crippen molar-refractivity contribution in [2.24, 2.45) is 0 Å². The number of carbonyl (C=O) groups is 1. The fourth-order valence-corrected chi connectivity index (χ4v) is 1.50. The molecule has 0 aliphatic rings. The molecule has 0 aliphatic heterocycles. The summed E-state index contributed by atoms with van der Waals surface area (Å²) in [5, 5.41) is 11.6. The number of carbonyl (C=O) groups excluding carboxylic acids is 1. The fraction of sp³-hybridized carbons (Fsp3) is 0.462. The summed E-state index contributed by atoms with van der Waals surface area (Å²) < 4.78 is 5.34. The molecule has 0 aliphatic carbocycles. The van der Waals surface area contributed by atoms with Crippen molar-refractivity contribution < 1.29 is 14.6 Å². The highest BCUT2D eigenvalue weighted by molar-refractivity contribution is 5.86. The van der Waals surface area contributed by atoms with E-state index in [-0.39, 0.29) is 18.6 Å². The number of rotatable bonds is 5. The van der Waals surface area contributed by atoms with Crippen LogP contribution in [0.5, 0.6) is 0 Å². The normalized spacial score (nSPS) is 16.0. The van der Waals surface area contributed by atoms with Crippen LogP contribution in [0.2, 0.25) is 0 Å². The third-order valence-electron chi connectivity index (χ3n) is 2.82. The number of aliphatic hydroxyl groups is 1. The van der Waals surface area contributed by atoms with Gasteiger partial charge in [-0.15, -0.1) is 0 Å². The van der Waals surface area contributed by atoms with Gasteiger partial charge in [0.05, 0.1) is 6.61 Å². The molecule has 1 amide bonds. The van der Waals surface area contributed by atoms with Crippen molar-refractivity contribution >= 4 is 5.91 Å². The fourth-order valence-electron chi connectivity index (χ4n) is 1.50. The van der Waals surface area contributed by atoms with E-state index < -0.39 is 5.60 Å². The summed E-state index contributed by atoms with van der Waals surface area (Å²) in [6.45, 7) is 3.35.